The fraction of sp³-hybridized carbons (Fsp3) is 0.500. The third-order valence-electron chi connectivity index (χ3n) is 3.48. The molecule has 1 saturated heterocycles. The molecule has 0 saturated carbocycles. The van der Waals surface area contributed by atoms with Gasteiger partial charge in [0, 0.05) is 19.0 Å². The van der Waals surface area contributed by atoms with E-state index in [-0.39, 0.29) is 18.0 Å². The number of amides is 1. The molecule has 0 radical (unpaired) electrons. The number of hydrogen-bond donors (Lipinski definition) is 1. The zero-order chi connectivity index (χ0) is 12.4. The molecule has 17 heavy (non-hydrogen) atoms. The Balaban J connectivity index is 2.35. The number of carbonyl (C=O) groups is 1. The Hall–Kier alpha value is -1.35. The first-order valence-electron chi connectivity index (χ1n) is 6.25. The van der Waals surface area contributed by atoms with Crippen LogP contribution in [0.3, 0.4) is 0 Å². The number of likely N-dealkylation sites (N-methyl/N-ethyl adjacent to an activating group) is 1. The average molecular weight is 232 g/mol. The Morgan fingerprint density at radius 3 is 2.88 bits per heavy atom. The van der Waals surface area contributed by atoms with Crippen LogP contribution in [0.4, 0.5) is 0 Å². The second-order valence-corrected chi connectivity index (χ2v) is 4.74. The zero-order valence-electron chi connectivity index (χ0n) is 10.5. The Morgan fingerprint density at radius 2 is 2.24 bits per heavy atom. The normalized spacial score (nSPS) is 25.1. The molecule has 1 aromatic carbocycles. The molecule has 0 aromatic heterocycles. The van der Waals surface area contributed by atoms with Crippen LogP contribution in [0, 0.1) is 6.92 Å². The van der Waals surface area contributed by atoms with Crippen molar-refractivity contribution in [2.24, 2.45) is 5.73 Å². The summed E-state index contributed by atoms with van der Waals surface area (Å²) in [5, 5.41) is 0. The summed E-state index contributed by atoms with van der Waals surface area (Å²) < 4.78 is 0. The zero-order valence-corrected chi connectivity index (χ0v) is 10.5. The van der Waals surface area contributed by atoms with Gasteiger partial charge in [-0.2, -0.15) is 0 Å². The SMILES string of the molecule is CCN1C(=O)CCC(N)C1c1cccc(C)c1. The van der Waals surface area contributed by atoms with Crippen LogP contribution in [0.5, 0.6) is 0 Å². The molecule has 1 aliphatic rings. The van der Waals surface area contributed by atoms with Crippen LogP contribution in [0.15, 0.2) is 24.3 Å². The standard InChI is InChI=1S/C14H20N2O/c1-3-16-13(17)8-7-12(15)14(16)11-6-4-5-10(2)9-11/h4-6,9,12,14H,3,7-8,15H2,1-2H3. The summed E-state index contributed by atoms with van der Waals surface area (Å²) in [4.78, 5) is 13.8. The van der Waals surface area contributed by atoms with Crippen LogP contribution < -0.4 is 5.73 Å². The summed E-state index contributed by atoms with van der Waals surface area (Å²) in [5.74, 6) is 0.223. The lowest BCUT2D eigenvalue weighted by Gasteiger charge is -2.39. The number of benzene rings is 1. The van der Waals surface area contributed by atoms with Crippen molar-refractivity contribution in [1.29, 1.82) is 0 Å². The van der Waals surface area contributed by atoms with E-state index in [9.17, 15) is 4.79 Å². The van der Waals surface area contributed by atoms with Gasteiger partial charge in [0.2, 0.25) is 5.91 Å². The second kappa shape index (κ2) is 4.88. The van der Waals surface area contributed by atoms with E-state index in [1.54, 1.807) is 0 Å². The van der Waals surface area contributed by atoms with Gasteiger partial charge >= 0.3 is 0 Å². The van der Waals surface area contributed by atoms with E-state index in [0.29, 0.717) is 6.42 Å². The number of nitrogens with zero attached hydrogens (tertiary/aromatic N) is 1. The van der Waals surface area contributed by atoms with E-state index >= 15 is 0 Å². The lowest BCUT2D eigenvalue weighted by Crippen LogP contribution is -2.48. The molecule has 2 N–H and O–H groups in total. The first-order valence-corrected chi connectivity index (χ1v) is 6.25. The number of carbonyl (C=O) groups excluding carboxylic acids is 1. The third-order valence-corrected chi connectivity index (χ3v) is 3.48. The number of nitrogens with two attached hydrogens (primary N) is 1. The highest BCUT2D eigenvalue weighted by atomic mass is 16.2. The van der Waals surface area contributed by atoms with Gasteiger partial charge in [-0.05, 0) is 25.8 Å². The monoisotopic (exact) mass is 232 g/mol. The van der Waals surface area contributed by atoms with Crippen LogP contribution in [-0.4, -0.2) is 23.4 Å². The Kier molecular flexibility index (Phi) is 3.48. The fourth-order valence-corrected chi connectivity index (χ4v) is 2.63. The van der Waals surface area contributed by atoms with Gasteiger partial charge in [-0.3, -0.25) is 4.79 Å². The van der Waals surface area contributed by atoms with E-state index in [4.69, 9.17) is 5.73 Å². The van der Waals surface area contributed by atoms with Gasteiger partial charge < -0.3 is 10.6 Å². The van der Waals surface area contributed by atoms with Gasteiger partial charge in [-0.1, -0.05) is 29.8 Å². The molecule has 2 rings (SSSR count). The van der Waals surface area contributed by atoms with E-state index in [1.165, 1.54) is 5.56 Å². The highest BCUT2D eigenvalue weighted by molar-refractivity contribution is 5.77. The number of aryl methyl sites for hydroxylation is 1. The maximum Gasteiger partial charge on any atom is 0.223 e. The second-order valence-electron chi connectivity index (χ2n) is 4.74. The Morgan fingerprint density at radius 1 is 1.47 bits per heavy atom. The highest BCUT2D eigenvalue weighted by Gasteiger charge is 2.33. The molecule has 1 aliphatic heterocycles. The maximum absolute atomic E-state index is 11.9. The van der Waals surface area contributed by atoms with E-state index in [2.05, 4.69) is 25.1 Å². The van der Waals surface area contributed by atoms with E-state index in [1.807, 2.05) is 17.9 Å². The van der Waals surface area contributed by atoms with Crippen molar-refractivity contribution in [3.8, 4) is 0 Å². The average Bonchev–Trinajstić information content (AvgIpc) is 2.31. The molecule has 1 aromatic rings. The van der Waals surface area contributed by atoms with Gasteiger partial charge in [0.25, 0.3) is 0 Å². The summed E-state index contributed by atoms with van der Waals surface area (Å²) in [6.07, 6.45) is 1.37. The van der Waals surface area contributed by atoms with Crippen molar-refractivity contribution in [1.82, 2.24) is 4.90 Å². The van der Waals surface area contributed by atoms with Gasteiger partial charge in [0.15, 0.2) is 0 Å². The molecule has 0 spiro atoms. The molecule has 2 unspecified atom stereocenters. The van der Waals surface area contributed by atoms with Gasteiger partial charge in [0.05, 0.1) is 6.04 Å². The lowest BCUT2D eigenvalue weighted by molar-refractivity contribution is -0.137. The molecule has 0 aliphatic carbocycles. The van der Waals surface area contributed by atoms with Crippen LogP contribution in [0.2, 0.25) is 0 Å². The molecule has 1 heterocycles. The maximum atomic E-state index is 11.9. The van der Waals surface area contributed by atoms with E-state index < -0.39 is 0 Å². The van der Waals surface area contributed by atoms with Crippen molar-refractivity contribution in [3.05, 3.63) is 35.4 Å². The Labute approximate surface area is 103 Å². The van der Waals surface area contributed by atoms with Crippen LogP contribution in [0.1, 0.15) is 36.9 Å². The van der Waals surface area contributed by atoms with Crippen LogP contribution >= 0.6 is 0 Å². The predicted octanol–water partition coefficient (Wildman–Crippen LogP) is 2.01. The number of hydrogen-bond acceptors (Lipinski definition) is 2. The number of piperidine rings is 1. The van der Waals surface area contributed by atoms with Gasteiger partial charge in [0.1, 0.15) is 0 Å². The predicted molar refractivity (Wildman–Crippen MR) is 68.5 cm³/mol. The van der Waals surface area contributed by atoms with E-state index in [0.717, 1.165) is 18.5 Å². The minimum atomic E-state index is 0.0427. The van der Waals surface area contributed by atoms with Crippen molar-refractivity contribution in [2.75, 3.05) is 6.54 Å². The smallest absolute Gasteiger partial charge is 0.223 e. The quantitative estimate of drug-likeness (QED) is 0.847. The van der Waals surface area contributed by atoms with Crippen molar-refractivity contribution in [3.63, 3.8) is 0 Å². The molecule has 0 bridgehead atoms. The summed E-state index contributed by atoms with van der Waals surface area (Å²) in [7, 11) is 0. The molecular weight excluding hydrogens is 212 g/mol. The molecule has 3 heteroatoms. The fourth-order valence-electron chi connectivity index (χ4n) is 2.63. The van der Waals surface area contributed by atoms with Crippen molar-refractivity contribution < 1.29 is 4.79 Å². The molecule has 2 atom stereocenters. The van der Waals surface area contributed by atoms with Crippen molar-refractivity contribution in [2.45, 2.75) is 38.8 Å². The summed E-state index contributed by atoms with van der Waals surface area (Å²) in [5.41, 5.74) is 8.57. The molecule has 1 fully saturated rings. The first kappa shape index (κ1) is 12.1. The topological polar surface area (TPSA) is 46.3 Å². The number of likely N-dealkylation sites (tertiary alicyclic amines) is 1. The molecule has 3 nitrogen and oxygen atoms in total. The molecule has 1 amide bonds. The largest absolute Gasteiger partial charge is 0.334 e. The Bertz CT molecular complexity index is 416. The molecule has 92 valence electrons. The van der Waals surface area contributed by atoms with Gasteiger partial charge in [-0.25, -0.2) is 0 Å². The van der Waals surface area contributed by atoms with Crippen molar-refractivity contribution >= 4 is 5.91 Å². The minimum absolute atomic E-state index is 0.0427. The summed E-state index contributed by atoms with van der Waals surface area (Å²) in [6, 6.07) is 8.39. The number of rotatable bonds is 2. The lowest BCUT2D eigenvalue weighted by atomic mass is 9.90. The minimum Gasteiger partial charge on any atom is -0.334 e. The summed E-state index contributed by atoms with van der Waals surface area (Å²) in [6.45, 7) is 4.81. The highest BCUT2D eigenvalue weighted by Crippen LogP contribution is 2.30. The molecular formula is C14H20N2O. The third kappa shape index (κ3) is 2.34. The van der Waals surface area contributed by atoms with Gasteiger partial charge in [-0.15, -0.1) is 0 Å². The first-order chi connectivity index (χ1) is 8.13. The van der Waals surface area contributed by atoms with Crippen LogP contribution in [-0.2, 0) is 4.79 Å². The van der Waals surface area contributed by atoms with Crippen LogP contribution in [0.25, 0.3) is 0 Å². The summed E-state index contributed by atoms with van der Waals surface area (Å²) >= 11 is 0.